The zero-order valence-electron chi connectivity index (χ0n) is 12.9. The van der Waals surface area contributed by atoms with Gasteiger partial charge in [-0.05, 0) is 24.9 Å². The van der Waals surface area contributed by atoms with Crippen molar-refractivity contribution >= 4 is 50.1 Å². The number of fused-ring (bicyclic) bond motifs is 1. The van der Waals surface area contributed by atoms with Crippen LogP contribution in [0.1, 0.15) is 6.92 Å². The maximum absolute atomic E-state index is 13.6. The molecule has 1 atom stereocenters. The minimum Gasteiger partial charge on any atom is -0.464 e. The molecule has 1 N–H and O–H groups in total. The third-order valence-corrected chi connectivity index (χ3v) is 4.97. The zero-order chi connectivity index (χ0) is 18.2. The Morgan fingerprint density at radius 1 is 1.36 bits per heavy atom. The number of aromatic nitrogens is 4. The molecule has 11 heteroatoms. The lowest BCUT2D eigenvalue weighted by atomic mass is 10.3. The summed E-state index contributed by atoms with van der Waals surface area (Å²) >= 11 is 12.1. The summed E-state index contributed by atoms with van der Waals surface area (Å²) in [6.07, 6.45) is 0. The van der Waals surface area contributed by atoms with E-state index < -0.39 is 15.7 Å². The van der Waals surface area contributed by atoms with Crippen LogP contribution in [0.15, 0.2) is 29.4 Å². The van der Waals surface area contributed by atoms with E-state index in [9.17, 15) is 8.60 Å². The molecule has 3 aromatic rings. The van der Waals surface area contributed by atoms with E-state index in [4.69, 9.17) is 27.9 Å². The summed E-state index contributed by atoms with van der Waals surface area (Å²) in [6.45, 7) is 1.95. The second kappa shape index (κ2) is 6.66. The van der Waals surface area contributed by atoms with E-state index in [-0.39, 0.29) is 39.2 Å². The van der Waals surface area contributed by atoms with Gasteiger partial charge in [0.05, 0.1) is 22.3 Å². The van der Waals surface area contributed by atoms with Crippen molar-refractivity contribution in [2.24, 2.45) is 0 Å². The van der Waals surface area contributed by atoms with Crippen LogP contribution in [0.25, 0.3) is 5.65 Å². The van der Waals surface area contributed by atoms with Gasteiger partial charge in [-0.2, -0.15) is 18.9 Å². The van der Waals surface area contributed by atoms with Crippen molar-refractivity contribution in [3.8, 4) is 6.01 Å². The summed E-state index contributed by atoms with van der Waals surface area (Å²) in [6, 6.07) is 5.73. The van der Waals surface area contributed by atoms with E-state index in [1.54, 1.807) is 25.1 Å². The Bertz CT molecular complexity index is 1030. The van der Waals surface area contributed by atoms with Gasteiger partial charge in [0.25, 0.3) is 0 Å². The standard InChI is InChI=1S/C14H12Cl2FN5O2S/c1-3-24-14-18-10(17)7-11-19-13(20-22(11)14)25(2,23)21-12-8(15)5-4-6-9(12)16/h4-7H,2-3H2,1H3,(H,21,23). The van der Waals surface area contributed by atoms with Crippen LogP contribution in [-0.2, 0) is 9.71 Å². The van der Waals surface area contributed by atoms with Gasteiger partial charge in [-0.1, -0.05) is 29.3 Å². The fourth-order valence-electron chi connectivity index (χ4n) is 1.98. The van der Waals surface area contributed by atoms with Crippen molar-refractivity contribution in [2.75, 3.05) is 11.3 Å². The Kier molecular flexibility index (Phi) is 4.72. The number of anilines is 1. The van der Waals surface area contributed by atoms with Gasteiger partial charge in [-0.15, -0.1) is 5.10 Å². The molecule has 7 nitrogen and oxygen atoms in total. The highest BCUT2D eigenvalue weighted by molar-refractivity contribution is 8.01. The molecule has 1 aromatic carbocycles. The lowest BCUT2D eigenvalue weighted by molar-refractivity contribution is 0.296. The van der Waals surface area contributed by atoms with Gasteiger partial charge >= 0.3 is 6.01 Å². The zero-order valence-corrected chi connectivity index (χ0v) is 15.2. The molecule has 0 saturated heterocycles. The van der Waals surface area contributed by atoms with Crippen molar-refractivity contribution in [2.45, 2.75) is 12.1 Å². The van der Waals surface area contributed by atoms with Crippen molar-refractivity contribution < 1.29 is 13.3 Å². The third-order valence-electron chi connectivity index (χ3n) is 3.04. The van der Waals surface area contributed by atoms with Crippen LogP contribution >= 0.6 is 23.2 Å². The van der Waals surface area contributed by atoms with Crippen LogP contribution in [0, 0.1) is 5.95 Å². The van der Waals surface area contributed by atoms with Gasteiger partial charge in [-0.3, -0.25) is 0 Å². The summed E-state index contributed by atoms with van der Waals surface area (Å²) in [4.78, 5) is 7.64. The number of rotatable bonds is 5. The highest BCUT2D eigenvalue weighted by atomic mass is 35.5. The first-order valence-electron chi connectivity index (χ1n) is 6.97. The average molecular weight is 404 g/mol. The maximum Gasteiger partial charge on any atom is 0.322 e. The van der Waals surface area contributed by atoms with E-state index in [0.29, 0.717) is 0 Å². The fourth-order valence-corrected chi connectivity index (χ4v) is 3.68. The summed E-state index contributed by atoms with van der Waals surface area (Å²) in [7, 11) is -3.23. The number of halogens is 3. The topological polar surface area (TPSA) is 81.4 Å². The first kappa shape index (κ1) is 17.7. The van der Waals surface area contributed by atoms with Gasteiger partial charge in [0.2, 0.25) is 11.1 Å². The minimum absolute atomic E-state index is 0.0781. The summed E-state index contributed by atoms with van der Waals surface area (Å²) in [5.74, 6) is 2.82. The van der Waals surface area contributed by atoms with E-state index in [0.717, 1.165) is 10.6 Å². The molecular weight excluding hydrogens is 392 g/mol. The monoisotopic (exact) mass is 403 g/mol. The van der Waals surface area contributed by atoms with Crippen molar-refractivity contribution in [3.05, 3.63) is 40.3 Å². The van der Waals surface area contributed by atoms with Gasteiger partial charge in [0, 0.05) is 6.07 Å². The molecule has 0 aliphatic heterocycles. The Morgan fingerprint density at radius 2 is 2.04 bits per heavy atom. The highest BCUT2D eigenvalue weighted by Gasteiger charge is 2.20. The van der Waals surface area contributed by atoms with Gasteiger partial charge in [0.1, 0.15) is 9.71 Å². The summed E-state index contributed by atoms with van der Waals surface area (Å²) < 4.78 is 35.5. The molecule has 0 aliphatic carbocycles. The Morgan fingerprint density at radius 3 is 2.68 bits per heavy atom. The van der Waals surface area contributed by atoms with E-state index in [2.05, 4.69) is 25.7 Å². The summed E-state index contributed by atoms with van der Waals surface area (Å²) in [5.41, 5.74) is 0.313. The third kappa shape index (κ3) is 3.48. The fraction of sp³-hybridized carbons (Fsp3) is 0.143. The first-order chi connectivity index (χ1) is 11.8. The SMILES string of the molecule is C=S(=O)(Nc1c(Cl)cccc1Cl)c1nc2cc(F)nc(OCC)n2n1. The van der Waals surface area contributed by atoms with Gasteiger partial charge in [-0.25, -0.2) is 4.21 Å². The molecule has 0 radical (unpaired) electrons. The van der Waals surface area contributed by atoms with Crippen LogP contribution in [0.5, 0.6) is 6.01 Å². The van der Waals surface area contributed by atoms with Crippen LogP contribution in [0.2, 0.25) is 10.0 Å². The Labute approximate surface area is 152 Å². The van der Waals surface area contributed by atoms with Crippen LogP contribution in [0.4, 0.5) is 10.1 Å². The Balaban J connectivity index is 2.07. The van der Waals surface area contributed by atoms with Crippen LogP contribution in [-0.4, -0.2) is 36.3 Å². The molecule has 0 aliphatic rings. The molecule has 1 unspecified atom stereocenters. The quantitative estimate of drug-likeness (QED) is 0.522. The molecule has 25 heavy (non-hydrogen) atoms. The maximum atomic E-state index is 13.6. The van der Waals surface area contributed by atoms with Crippen LogP contribution in [0.3, 0.4) is 0 Å². The molecule has 0 bridgehead atoms. The largest absolute Gasteiger partial charge is 0.464 e. The second-order valence-electron chi connectivity index (χ2n) is 4.83. The number of hydrogen-bond donors (Lipinski definition) is 1. The second-order valence-corrected chi connectivity index (χ2v) is 7.57. The van der Waals surface area contributed by atoms with Crippen molar-refractivity contribution in [1.82, 2.24) is 19.6 Å². The number of ether oxygens (including phenoxy) is 1. The molecule has 0 fully saturated rings. The van der Waals surface area contributed by atoms with E-state index >= 15 is 0 Å². The van der Waals surface area contributed by atoms with E-state index in [1.165, 1.54) is 0 Å². The van der Waals surface area contributed by atoms with Crippen LogP contribution < -0.4 is 9.46 Å². The molecule has 3 rings (SSSR count). The van der Waals surface area contributed by atoms with E-state index in [1.807, 2.05) is 0 Å². The predicted octanol–water partition coefficient (Wildman–Crippen LogP) is 3.07. The van der Waals surface area contributed by atoms with Crippen molar-refractivity contribution in [3.63, 3.8) is 0 Å². The number of para-hydroxylation sites is 1. The number of hydrogen-bond acceptors (Lipinski definition) is 5. The average Bonchev–Trinajstić information content (AvgIpc) is 2.96. The highest BCUT2D eigenvalue weighted by Crippen LogP contribution is 2.31. The lowest BCUT2D eigenvalue weighted by Crippen LogP contribution is -2.15. The number of nitrogens with zero attached hydrogens (tertiary/aromatic N) is 4. The molecule has 0 spiro atoms. The smallest absolute Gasteiger partial charge is 0.322 e. The van der Waals surface area contributed by atoms with Crippen molar-refractivity contribution in [1.29, 1.82) is 0 Å². The normalized spacial score (nSPS) is 13.6. The minimum atomic E-state index is -3.23. The predicted molar refractivity (Wildman–Crippen MR) is 95.5 cm³/mol. The first-order valence-corrected chi connectivity index (χ1v) is 9.45. The number of benzene rings is 1. The van der Waals surface area contributed by atoms with Gasteiger partial charge in [0.15, 0.2) is 5.65 Å². The molecular formula is C14H12Cl2FN5O2S. The van der Waals surface area contributed by atoms with Gasteiger partial charge < -0.3 is 9.46 Å². The molecule has 132 valence electrons. The summed E-state index contributed by atoms with van der Waals surface area (Å²) in [5, 5.41) is 4.41. The molecule has 2 aromatic heterocycles. The molecule has 0 saturated carbocycles. The molecule has 0 amide bonds. The molecule has 2 heterocycles. The Hall–Kier alpha value is -2.10. The number of nitrogens with one attached hydrogen (secondary N) is 1. The lowest BCUT2D eigenvalue weighted by Gasteiger charge is -2.12.